The number of carbonyl (C=O) groups excluding carboxylic acids is 1. The van der Waals surface area contributed by atoms with E-state index in [1.54, 1.807) is 4.68 Å². The van der Waals surface area contributed by atoms with Gasteiger partial charge in [0.05, 0.1) is 17.8 Å². The van der Waals surface area contributed by atoms with Crippen LogP contribution in [-0.4, -0.2) is 22.5 Å². The summed E-state index contributed by atoms with van der Waals surface area (Å²) in [7, 11) is 0. The highest BCUT2D eigenvalue weighted by atomic mass is 16.5. The lowest BCUT2D eigenvalue weighted by Gasteiger charge is -2.22. The van der Waals surface area contributed by atoms with E-state index in [1.165, 1.54) is 0 Å². The van der Waals surface area contributed by atoms with Crippen molar-refractivity contribution in [3.8, 4) is 0 Å². The van der Waals surface area contributed by atoms with Crippen molar-refractivity contribution in [2.75, 3.05) is 11.9 Å². The molecule has 6 heteroatoms. The lowest BCUT2D eigenvalue weighted by atomic mass is 10.1. The summed E-state index contributed by atoms with van der Waals surface area (Å²) in [6.07, 6.45) is 2.37. The summed E-state index contributed by atoms with van der Waals surface area (Å²) in [6, 6.07) is 11.4. The van der Waals surface area contributed by atoms with E-state index < -0.39 is 6.09 Å². The topological polar surface area (TPSA) is 65.4 Å². The molecule has 1 aliphatic heterocycles. The second kappa shape index (κ2) is 7.27. The molecule has 1 atom stereocenters. The Bertz CT molecular complexity index is 713. The molecule has 1 fully saturated rings. The fraction of sp³-hybridized carbons (Fsp3) is 0.421. The number of benzene rings is 1. The summed E-state index contributed by atoms with van der Waals surface area (Å²) in [5.41, 5.74) is 1.49. The lowest BCUT2D eigenvalue weighted by molar-refractivity contribution is 0.110. The molecule has 0 bridgehead atoms. The summed E-state index contributed by atoms with van der Waals surface area (Å²) in [6.45, 7) is 6.96. The number of anilines is 1. The first-order chi connectivity index (χ1) is 11.9. The van der Waals surface area contributed by atoms with Crippen molar-refractivity contribution in [1.29, 1.82) is 0 Å². The average molecular weight is 342 g/mol. The van der Waals surface area contributed by atoms with E-state index >= 15 is 0 Å². The molecule has 1 aromatic heterocycles. The van der Waals surface area contributed by atoms with E-state index in [-0.39, 0.29) is 18.2 Å². The largest absolute Gasteiger partial charge is 0.444 e. The van der Waals surface area contributed by atoms with Gasteiger partial charge in [-0.3, -0.25) is 5.32 Å². The van der Waals surface area contributed by atoms with Crippen LogP contribution in [0.4, 0.5) is 10.6 Å². The predicted octanol–water partition coefficient (Wildman–Crippen LogP) is 4.05. The minimum absolute atomic E-state index is 0.0514. The molecule has 1 amide bonds. The summed E-state index contributed by atoms with van der Waals surface area (Å²) in [5.74, 6) is 0.607. The Hall–Kier alpha value is -2.34. The summed E-state index contributed by atoms with van der Waals surface area (Å²) in [5, 5.41) is 7.44. The number of hydrogen-bond donors (Lipinski definition) is 1. The standard InChI is InChI=1S/C19H24N3O3/c1-19(2,3)22-17(12-15(21-22)16-10-7-11-24-16)20-18(23)25-13-14-8-5-4-6-9-14/h4-9,12,16H,10-11,13H2,1-3H3,(H,20,23)/t16-/m1/s1. The van der Waals surface area contributed by atoms with Crippen molar-refractivity contribution in [2.45, 2.75) is 45.4 Å². The minimum atomic E-state index is -0.500. The second-order valence-corrected chi connectivity index (χ2v) is 7.07. The molecule has 0 saturated carbocycles. The van der Waals surface area contributed by atoms with Gasteiger partial charge in [0, 0.05) is 6.07 Å². The van der Waals surface area contributed by atoms with Gasteiger partial charge in [0.25, 0.3) is 0 Å². The predicted molar refractivity (Wildman–Crippen MR) is 95.1 cm³/mol. The number of nitrogens with one attached hydrogen (secondary N) is 1. The van der Waals surface area contributed by atoms with Crippen LogP contribution in [0.25, 0.3) is 0 Å². The van der Waals surface area contributed by atoms with Gasteiger partial charge in [-0.25, -0.2) is 9.48 Å². The van der Waals surface area contributed by atoms with Crippen LogP contribution in [0.2, 0.25) is 0 Å². The first-order valence-electron chi connectivity index (χ1n) is 8.45. The zero-order valence-corrected chi connectivity index (χ0v) is 14.9. The molecule has 2 heterocycles. The van der Waals surface area contributed by atoms with Gasteiger partial charge in [-0.2, -0.15) is 5.10 Å². The van der Waals surface area contributed by atoms with Crippen LogP contribution in [-0.2, 0) is 21.6 Å². The van der Waals surface area contributed by atoms with E-state index in [0.29, 0.717) is 12.4 Å². The third-order valence-corrected chi connectivity index (χ3v) is 3.93. The number of rotatable bonds is 4. The molecule has 6 nitrogen and oxygen atoms in total. The highest BCUT2D eigenvalue weighted by Gasteiger charge is 2.26. The van der Waals surface area contributed by atoms with Gasteiger partial charge in [0.1, 0.15) is 18.5 Å². The van der Waals surface area contributed by atoms with Crippen LogP contribution in [0, 0.1) is 6.42 Å². The molecule has 0 aliphatic carbocycles. The molecule has 1 aromatic carbocycles. The first-order valence-corrected chi connectivity index (χ1v) is 8.45. The van der Waals surface area contributed by atoms with E-state index in [9.17, 15) is 4.79 Å². The highest BCUT2D eigenvalue weighted by molar-refractivity contribution is 5.83. The van der Waals surface area contributed by atoms with Crippen LogP contribution < -0.4 is 5.32 Å². The number of carbonyl (C=O) groups is 1. The molecule has 1 aliphatic rings. The van der Waals surface area contributed by atoms with Crippen molar-refractivity contribution >= 4 is 11.9 Å². The zero-order chi connectivity index (χ0) is 17.9. The fourth-order valence-electron chi connectivity index (χ4n) is 2.70. The maximum Gasteiger partial charge on any atom is 0.413 e. The number of ether oxygens (including phenoxy) is 2. The van der Waals surface area contributed by atoms with Gasteiger partial charge >= 0.3 is 6.09 Å². The molecule has 1 radical (unpaired) electrons. The normalized spacial score (nSPS) is 17.5. The molecule has 3 rings (SSSR count). The van der Waals surface area contributed by atoms with Crippen LogP contribution >= 0.6 is 0 Å². The van der Waals surface area contributed by atoms with Gasteiger partial charge in [0.2, 0.25) is 0 Å². The van der Waals surface area contributed by atoms with Crippen LogP contribution in [0.5, 0.6) is 0 Å². The van der Waals surface area contributed by atoms with Gasteiger partial charge in [-0.15, -0.1) is 0 Å². The van der Waals surface area contributed by atoms with Gasteiger partial charge < -0.3 is 9.47 Å². The Morgan fingerprint density at radius 1 is 1.36 bits per heavy atom. The monoisotopic (exact) mass is 342 g/mol. The molecule has 0 unspecified atom stereocenters. The molecular weight excluding hydrogens is 318 g/mol. The Balaban J connectivity index is 1.70. The van der Waals surface area contributed by atoms with Crippen LogP contribution in [0.3, 0.4) is 0 Å². The second-order valence-electron chi connectivity index (χ2n) is 7.07. The molecule has 0 spiro atoms. The number of aromatic nitrogens is 2. The quantitative estimate of drug-likeness (QED) is 0.910. The van der Waals surface area contributed by atoms with Crippen molar-refractivity contribution in [3.63, 3.8) is 0 Å². The molecular formula is C19H24N3O3. The third kappa shape index (κ3) is 4.39. The van der Waals surface area contributed by atoms with E-state index in [1.807, 2.05) is 57.2 Å². The van der Waals surface area contributed by atoms with Crippen LogP contribution in [0.1, 0.15) is 44.6 Å². The average Bonchev–Trinajstić information content (AvgIpc) is 3.22. The van der Waals surface area contributed by atoms with Crippen LogP contribution in [0.15, 0.2) is 36.4 Å². The molecule has 133 valence electrons. The molecule has 2 aromatic rings. The van der Waals surface area contributed by atoms with Crippen molar-refractivity contribution in [3.05, 3.63) is 54.1 Å². The van der Waals surface area contributed by atoms with E-state index in [2.05, 4.69) is 16.8 Å². The minimum Gasteiger partial charge on any atom is -0.444 e. The molecule has 1 saturated heterocycles. The smallest absolute Gasteiger partial charge is 0.413 e. The number of nitrogens with zero attached hydrogens (tertiary/aromatic N) is 2. The van der Waals surface area contributed by atoms with Gasteiger partial charge in [0.15, 0.2) is 0 Å². The van der Waals surface area contributed by atoms with Crippen molar-refractivity contribution in [1.82, 2.24) is 9.78 Å². The van der Waals surface area contributed by atoms with E-state index in [4.69, 9.17) is 9.47 Å². The Morgan fingerprint density at radius 2 is 2.12 bits per heavy atom. The van der Waals surface area contributed by atoms with Gasteiger partial charge in [-0.05, 0) is 39.2 Å². The van der Waals surface area contributed by atoms with Crippen molar-refractivity contribution in [2.24, 2.45) is 0 Å². The van der Waals surface area contributed by atoms with E-state index in [0.717, 1.165) is 17.7 Å². The lowest BCUT2D eigenvalue weighted by Crippen LogP contribution is -2.27. The van der Waals surface area contributed by atoms with Gasteiger partial charge in [-0.1, -0.05) is 30.3 Å². The zero-order valence-electron chi connectivity index (χ0n) is 14.9. The fourth-order valence-corrected chi connectivity index (χ4v) is 2.70. The summed E-state index contributed by atoms with van der Waals surface area (Å²) < 4.78 is 12.8. The molecule has 25 heavy (non-hydrogen) atoms. The summed E-state index contributed by atoms with van der Waals surface area (Å²) in [4.78, 5) is 12.2. The first kappa shape index (κ1) is 17.5. The Labute approximate surface area is 148 Å². The number of amides is 1. The Morgan fingerprint density at radius 3 is 2.76 bits per heavy atom. The maximum absolute atomic E-state index is 12.2. The highest BCUT2D eigenvalue weighted by Crippen LogP contribution is 2.31. The van der Waals surface area contributed by atoms with Crippen molar-refractivity contribution < 1.29 is 14.3 Å². The SMILES string of the molecule is CC(C)(C)n1nc([C@H]2C[CH]CO2)cc1NC(=O)OCc1ccccc1. The maximum atomic E-state index is 12.2. The molecule has 1 N–H and O–H groups in total. The number of hydrogen-bond acceptors (Lipinski definition) is 4. The summed E-state index contributed by atoms with van der Waals surface area (Å²) >= 11 is 0. The third-order valence-electron chi connectivity index (χ3n) is 3.93. The Kier molecular flexibility index (Phi) is 5.08.